The summed E-state index contributed by atoms with van der Waals surface area (Å²) in [5, 5.41) is 2.94. The van der Waals surface area contributed by atoms with Gasteiger partial charge in [0.15, 0.2) is 0 Å². The van der Waals surface area contributed by atoms with Crippen LogP contribution in [0.5, 0.6) is 0 Å². The molecule has 0 aliphatic rings. The third-order valence-electron chi connectivity index (χ3n) is 3.05. The molecule has 1 rings (SSSR count). The summed E-state index contributed by atoms with van der Waals surface area (Å²) < 4.78 is 0. The van der Waals surface area contributed by atoms with Crippen molar-refractivity contribution in [1.29, 1.82) is 0 Å². The highest BCUT2D eigenvalue weighted by Gasteiger charge is 2.24. The second-order valence-electron chi connectivity index (χ2n) is 4.53. The first-order chi connectivity index (χ1) is 8.60. The number of nitrogens with two attached hydrogens (primary N) is 1. The molecule has 116 valence electrons. The van der Waals surface area contributed by atoms with E-state index in [0.29, 0.717) is 6.54 Å². The van der Waals surface area contributed by atoms with E-state index < -0.39 is 0 Å². The number of hydrogen-bond donors (Lipinski definition) is 2. The van der Waals surface area contributed by atoms with E-state index in [4.69, 9.17) is 5.73 Å². The number of carbonyl (C=O) groups excluding carboxylic acids is 1. The number of hydrogen-bond acceptors (Lipinski definition) is 3. The van der Waals surface area contributed by atoms with Crippen LogP contribution in [0.3, 0.4) is 0 Å². The topological polar surface area (TPSA) is 58.4 Å². The second-order valence-corrected chi connectivity index (χ2v) is 4.53. The Morgan fingerprint density at radius 1 is 1.30 bits per heavy atom. The number of halogens is 2. The van der Waals surface area contributed by atoms with E-state index >= 15 is 0 Å². The van der Waals surface area contributed by atoms with Gasteiger partial charge in [-0.25, -0.2) is 0 Å². The van der Waals surface area contributed by atoms with Gasteiger partial charge in [0.1, 0.15) is 6.04 Å². The van der Waals surface area contributed by atoms with E-state index in [2.05, 4.69) is 5.32 Å². The molecule has 0 bridgehead atoms. The van der Waals surface area contributed by atoms with E-state index in [9.17, 15) is 4.79 Å². The van der Waals surface area contributed by atoms with E-state index in [-0.39, 0.29) is 42.8 Å². The van der Waals surface area contributed by atoms with Crippen LogP contribution in [-0.4, -0.2) is 37.0 Å². The minimum absolute atomic E-state index is 0. The fourth-order valence-electron chi connectivity index (χ4n) is 1.80. The molecule has 2 atom stereocenters. The molecule has 0 heterocycles. The van der Waals surface area contributed by atoms with Gasteiger partial charge in [-0.1, -0.05) is 37.3 Å². The molecular weight excluding hydrogens is 297 g/mol. The summed E-state index contributed by atoms with van der Waals surface area (Å²) in [4.78, 5) is 14.3. The molecule has 0 aliphatic heterocycles. The molecule has 4 nitrogen and oxygen atoms in total. The third kappa shape index (κ3) is 6.09. The zero-order chi connectivity index (χ0) is 13.5. The summed E-state index contributed by atoms with van der Waals surface area (Å²) >= 11 is 0. The molecule has 0 saturated heterocycles. The molecule has 6 heteroatoms. The number of carbonyl (C=O) groups is 1. The first-order valence-electron chi connectivity index (χ1n) is 6.35. The number of benzene rings is 1. The van der Waals surface area contributed by atoms with Crippen molar-refractivity contribution in [2.75, 3.05) is 20.1 Å². The smallest absolute Gasteiger partial charge is 0.242 e. The van der Waals surface area contributed by atoms with E-state index in [0.717, 1.165) is 12.1 Å². The monoisotopic (exact) mass is 321 g/mol. The van der Waals surface area contributed by atoms with Gasteiger partial charge in [-0.3, -0.25) is 9.69 Å². The van der Waals surface area contributed by atoms with Crippen molar-refractivity contribution in [3.8, 4) is 0 Å². The summed E-state index contributed by atoms with van der Waals surface area (Å²) in [5.41, 5.74) is 6.54. The van der Waals surface area contributed by atoms with Crippen molar-refractivity contribution < 1.29 is 4.79 Å². The summed E-state index contributed by atoms with van der Waals surface area (Å²) in [5.74, 6) is 0.00324. The Morgan fingerprint density at radius 2 is 1.85 bits per heavy atom. The standard InChI is InChI=1S/C14H23N3O.2ClH/c1-4-17(3)13(12-8-6-5-7-9-12)14(18)16-11(2)10-15;;/h5-9,11,13H,4,10,15H2,1-3H3,(H,16,18);2*1H/t11-,13?;;/m0../s1. The van der Waals surface area contributed by atoms with Crippen molar-refractivity contribution in [2.45, 2.75) is 25.9 Å². The van der Waals surface area contributed by atoms with E-state index in [1.54, 1.807) is 0 Å². The lowest BCUT2D eigenvalue weighted by atomic mass is 10.0. The summed E-state index contributed by atoms with van der Waals surface area (Å²) in [6, 6.07) is 9.54. The van der Waals surface area contributed by atoms with Crippen LogP contribution in [0.1, 0.15) is 25.5 Å². The quantitative estimate of drug-likeness (QED) is 0.842. The van der Waals surface area contributed by atoms with Crippen LogP contribution in [0.25, 0.3) is 0 Å². The average molecular weight is 322 g/mol. The summed E-state index contributed by atoms with van der Waals surface area (Å²) in [6.07, 6.45) is 0. The molecule has 1 aromatic carbocycles. The number of nitrogens with zero attached hydrogens (tertiary/aromatic N) is 1. The minimum Gasteiger partial charge on any atom is -0.351 e. The van der Waals surface area contributed by atoms with E-state index in [1.165, 1.54) is 0 Å². The van der Waals surface area contributed by atoms with Crippen LogP contribution in [0, 0.1) is 0 Å². The molecule has 0 saturated carbocycles. The molecule has 0 radical (unpaired) electrons. The van der Waals surface area contributed by atoms with Crippen LogP contribution in [0.15, 0.2) is 30.3 Å². The predicted octanol–water partition coefficient (Wildman–Crippen LogP) is 1.99. The Hall–Kier alpha value is -0.810. The zero-order valence-corrected chi connectivity index (χ0v) is 13.8. The number of nitrogens with one attached hydrogen (secondary N) is 1. The maximum Gasteiger partial charge on any atom is 0.242 e. The average Bonchev–Trinajstić information content (AvgIpc) is 2.39. The van der Waals surface area contributed by atoms with Crippen molar-refractivity contribution in [3.63, 3.8) is 0 Å². The van der Waals surface area contributed by atoms with Gasteiger partial charge in [0, 0.05) is 12.6 Å². The van der Waals surface area contributed by atoms with Crippen LogP contribution in [0.4, 0.5) is 0 Å². The lowest BCUT2D eigenvalue weighted by Gasteiger charge is -2.27. The van der Waals surface area contributed by atoms with Crippen molar-refractivity contribution in [1.82, 2.24) is 10.2 Å². The molecule has 1 amide bonds. The lowest BCUT2D eigenvalue weighted by Crippen LogP contribution is -2.44. The van der Waals surface area contributed by atoms with Crippen molar-refractivity contribution in [3.05, 3.63) is 35.9 Å². The Balaban J connectivity index is 0. The Kier molecular flexibility index (Phi) is 11.7. The van der Waals surface area contributed by atoms with Crippen LogP contribution in [-0.2, 0) is 4.79 Å². The molecule has 0 aliphatic carbocycles. The first-order valence-corrected chi connectivity index (χ1v) is 6.35. The number of rotatable bonds is 6. The molecule has 0 fully saturated rings. The molecule has 0 spiro atoms. The van der Waals surface area contributed by atoms with Gasteiger partial charge in [0.05, 0.1) is 0 Å². The number of amides is 1. The molecular formula is C14H25Cl2N3O. The molecule has 1 aromatic rings. The van der Waals surface area contributed by atoms with Gasteiger partial charge in [0.25, 0.3) is 0 Å². The highest BCUT2D eigenvalue weighted by molar-refractivity contribution is 5.85. The summed E-state index contributed by atoms with van der Waals surface area (Å²) in [6.45, 7) is 5.20. The third-order valence-corrected chi connectivity index (χ3v) is 3.05. The predicted molar refractivity (Wildman–Crippen MR) is 88.6 cm³/mol. The SMILES string of the molecule is CCN(C)C(C(=O)N[C@@H](C)CN)c1ccccc1.Cl.Cl. The van der Waals surface area contributed by atoms with Crippen molar-refractivity contribution in [2.24, 2.45) is 5.73 Å². The fourth-order valence-corrected chi connectivity index (χ4v) is 1.80. The Labute approximate surface area is 133 Å². The fraction of sp³-hybridized carbons (Fsp3) is 0.500. The van der Waals surface area contributed by atoms with E-state index in [1.807, 2.05) is 56.1 Å². The Morgan fingerprint density at radius 3 is 2.30 bits per heavy atom. The van der Waals surface area contributed by atoms with Gasteiger partial charge in [0.2, 0.25) is 5.91 Å². The normalized spacial score (nSPS) is 12.8. The molecule has 1 unspecified atom stereocenters. The largest absolute Gasteiger partial charge is 0.351 e. The van der Waals surface area contributed by atoms with Crippen LogP contribution in [0.2, 0.25) is 0 Å². The highest BCUT2D eigenvalue weighted by Crippen LogP contribution is 2.19. The zero-order valence-electron chi connectivity index (χ0n) is 12.2. The van der Waals surface area contributed by atoms with Crippen LogP contribution < -0.4 is 11.1 Å². The van der Waals surface area contributed by atoms with Crippen molar-refractivity contribution >= 4 is 30.7 Å². The van der Waals surface area contributed by atoms with Crippen LogP contribution >= 0.6 is 24.8 Å². The molecule has 3 N–H and O–H groups in total. The van der Waals surface area contributed by atoms with Gasteiger partial charge in [-0.15, -0.1) is 24.8 Å². The maximum atomic E-state index is 12.3. The highest BCUT2D eigenvalue weighted by atomic mass is 35.5. The second kappa shape index (κ2) is 10.9. The first kappa shape index (κ1) is 21.5. The maximum absolute atomic E-state index is 12.3. The van der Waals surface area contributed by atoms with Gasteiger partial charge >= 0.3 is 0 Å². The lowest BCUT2D eigenvalue weighted by molar-refractivity contribution is -0.126. The van der Waals surface area contributed by atoms with Gasteiger partial charge in [-0.05, 0) is 26.1 Å². The molecule has 20 heavy (non-hydrogen) atoms. The number of likely N-dealkylation sites (N-methyl/N-ethyl adjacent to an activating group) is 1. The molecule has 0 aromatic heterocycles. The van der Waals surface area contributed by atoms with Gasteiger partial charge in [-0.2, -0.15) is 0 Å². The summed E-state index contributed by atoms with van der Waals surface area (Å²) in [7, 11) is 1.95. The Bertz CT molecular complexity index is 376. The van der Waals surface area contributed by atoms with Gasteiger partial charge < -0.3 is 11.1 Å². The minimum atomic E-state index is -0.259.